The van der Waals surface area contributed by atoms with Gasteiger partial charge in [0.15, 0.2) is 0 Å². The van der Waals surface area contributed by atoms with Gasteiger partial charge in [0.05, 0.1) is 11.7 Å². The van der Waals surface area contributed by atoms with Crippen LogP contribution in [-0.2, 0) is 0 Å². The predicted molar refractivity (Wildman–Crippen MR) is 66.3 cm³/mol. The Morgan fingerprint density at radius 2 is 1.88 bits per heavy atom. The van der Waals surface area contributed by atoms with Crippen molar-refractivity contribution in [1.82, 2.24) is 10.3 Å². The van der Waals surface area contributed by atoms with Crippen LogP contribution < -0.4 is 5.32 Å². The largest absolute Gasteiger partial charge is 0.308 e. The summed E-state index contributed by atoms with van der Waals surface area (Å²) in [4.78, 5) is 4.42. The molecule has 0 fully saturated rings. The number of benzene rings is 1. The van der Waals surface area contributed by atoms with Crippen molar-refractivity contribution in [3.63, 3.8) is 0 Å². The molecule has 0 aliphatic carbocycles. The third kappa shape index (κ3) is 2.28. The van der Waals surface area contributed by atoms with Crippen molar-refractivity contribution in [3.05, 3.63) is 65.5 Å². The second-order valence-electron chi connectivity index (χ2n) is 3.89. The van der Waals surface area contributed by atoms with Gasteiger partial charge in [0, 0.05) is 6.20 Å². The van der Waals surface area contributed by atoms with Gasteiger partial charge in [0.1, 0.15) is 0 Å². The summed E-state index contributed by atoms with van der Waals surface area (Å²) in [6.07, 6.45) is 1.86. The van der Waals surface area contributed by atoms with Crippen molar-refractivity contribution in [2.24, 2.45) is 0 Å². The highest BCUT2D eigenvalue weighted by atomic mass is 14.9. The molecule has 1 unspecified atom stereocenters. The van der Waals surface area contributed by atoms with Crippen LogP contribution in [0.2, 0.25) is 0 Å². The van der Waals surface area contributed by atoms with E-state index in [1.807, 2.05) is 25.4 Å². The quantitative estimate of drug-likeness (QED) is 0.846. The molecule has 0 amide bonds. The average Bonchev–Trinajstić information content (AvgIpc) is 2.31. The molecule has 1 atom stereocenters. The Bertz CT molecular complexity index is 451. The molecule has 0 radical (unpaired) electrons. The van der Waals surface area contributed by atoms with E-state index in [1.165, 1.54) is 11.1 Å². The summed E-state index contributed by atoms with van der Waals surface area (Å²) < 4.78 is 0. The fourth-order valence-corrected chi connectivity index (χ4v) is 1.85. The molecule has 0 aliphatic heterocycles. The van der Waals surface area contributed by atoms with Crippen LogP contribution in [0.15, 0.2) is 48.7 Å². The molecule has 0 bridgehead atoms. The molecular weight excluding hydrogens is 196 g/mol. The number of aromatic nitrogens is 1. The summed E-state index contributed by atoms with van der Waals surface area (Å²) in [5.74, 6) is 0. The minimum absolute atomic E-state index is 0.168. The van der Waals surface area contributed by atoms with Crippen LogP contribution in [0.25, 0.3) is 0 Å². The SMILES string of the molecule is CNC(c1ccccc1)c1cc(C)ccn1. The highest BCUT2D eigenvalue weighted by Crippen LogP contribution is 2.19. The summed E-state index contributed by atoms with van der Waals surface area (Å²) in [6.45, 7) is 2.09. The number of hydrogen-bond donors (Lipinski definition) is 1. The summed E-state index contributed by atoms with van der Waals surface area (Å²) in [5.41, 5.74) is 3.54. The molecule has 82 valence electrons. The molecule has 2 heteroatoms. The molecule has 2 nitrogen and oxygen atoms in total. The zero-order valence-electron chi connectivity index (χ0n) is 9.64. The lowest BCUT2D eigenvalue weighted by Gasteiger charge is -2.16. The Kier molecular flexibility index (Phi) is 3.32. The molecule has 2 aromatic rings. The van der Waals surface area contributed by atoms with Gasteiger partial charge < -0.3 is 5.32 Å². The van der Waals surface area contributed by atoms with Crippen LogP contribution in [0.4, 0.5) is 0 Å². The number of nitrogens with one attached hydrogen (secondary N) is 1. The normalized spacial score (nSPS) is 12.4. The summed E-state index contributed by atoms with van der Waals surface area (Å²) >= 11 is 0. The van der Waals surface area contributed by atoms with Crippen LogP contribution in [0.1, 0.15) is 22.9 Å². The molecule has 0 aliphatic rings. The monoisotopic (exact) mass is 212 g/mol. The van der Waals surface area contributed by atoms with E-state index in [2.05, 4.69) is 47.6 Å². The van der Waals surface area contributed by atoms with Crippen LogP contribution in [0.3, 0.4) is 0 Å². The summed E-state index contributed by atoms with van der Waals surface area (Å²) in [5, 5.41) is 3.30. The van der Waals surface area contributed by atoms with Crippen LogP contribution in [0, 0.1) is 6.92 Å². The zero-order chi connectivity index (χ0) is 11.4. The second kappa shape index (κ2) is 4.90. The van der Waals surface area contributed by atoms with E-state index in [-0.39, 0.29) is 6.04 Å². The first kappa shape index (κ1) is 10.8. The van der Waals surface area contributed by atoms with Crippen LogP contribution in [-0.4, -0.2) is 12.0 Å². The van der Waals surface area contributed by atoms with Gasteiger partial charge >= 0.3 is 0 Å². The number of nitrogens with zero attached hydrogens (tertiary/aromatic N) is 1. The van der Waals surface area contributed by atoms with E-state index >= 15 is 0 Å². The molecular formula is C14H16N2. The third-order valence-corrected chi connectivity index (χ3v) is 2.65. The lowest BCUT2D eigenvalue weighted by atomic mass is 10.0. The van der Waals surface area contributed by atoms with Crippen molar-refractivity contribution < 1.29 is 0 Å². The number of aryl methyl sites for hydroxylation is 1. The standard InChI is InChI=1S/C14H16N2/c1-11-8-9-16-13(10-11)14(15-2)12-6-4-3-5-7-12/h3-10,14-15H,1-2H3. The lowest BCUT2D eigenvalue weighted by Crippen LogP contribution is -2.18. The Hall–Kier alpha value is -1.67. The smallest absolute Gasteiger partial charge is 0.0749 e. The maximum Gasteiger partial charge on any atom is 0.0749 e. The van der Waals surface area contributed by atoms with Gasteiger partial charge in [-0.05, 0) is 37.2 Å². The molecule has 1 heterocycles. The fourth-order valence-electron chi connectivity index (χ4n) is 1.85. The molecule has 0 saturated heterocycles. The molecule has 0 saturated carbocycles. The first-order chi connectivity index (χ1) is 7.81. The topological polar surface area (TPSA) is 24.9 Å². The predicted octanol–water partition coefficient (Wildman–Crippen LogP) is 2.70. The highest BCUT2D eigenvalue weighted by molar-refractivity contribution is 5.29. The zero-order valence-corrected chi connectivity index (χ0v) is 9.64. The number of rotatable bonds is 3. The van der Waals surface area contributed by atoms with Gasteiger partial charge in [-0.15, -0.1) is 0 Å². The molecule has 2 rings (SSSR count). The van der Waals surface area contributed by atoms with Gasteiger partial charge in [-0.1, -0.05) is 30.3 Å². The fraction of sp³-hybridized carbons (Fsp3) is 0.214. The molecule has 1 aromatic carbocycles. The van der Waals surface area contributed by atoms with E-state index in [1.54, 1.807) is 0 Å². The maximum absolute atomic E-state index is 4.42. The van der Waals surface area contributed by atoms with Crippen LogP contribution in [0.5, 0.6) is 0 Å². The van der Waals surface area contributed by atoms with E-state index in [9.17, 15) is 0 Å². The summed E-state index contributed by atoms with van der Waals surface area (Å²) in [7, 11) is 1.96. The minimum atomic E-state index is 0.168. The van der Waals surface area contributed by atoms with Gasteiger partial charge in [-0.25, -0.2) is 0 Å². The van der Waals surface area contributed by atoms with Crippen molar-refractivity contribution in [2.75, 3.05) is 7.05 Å². The Morgan fingerprint density at radius 1 is 1.12 bits per heavy atom. The second-order valence-corrected chi connectivity index (χ2v) is 3.89. The van der Waals surface area contributed by atoms with Crippen LogP contribution >= 0.6 is 0 Å². The minimum Gasteiger partial charge on any atom is -0.308 e. The lowest BCUT2D eigenvalue weighted by molar-refractivity contribution is 0.670. The van der Waals surface area contributed by atoms with E-state index in [4.69, 9.17) is 0 Å². The van der Waals surface area contributed by atoms with E-state index in [0.29, 0.717) is 0 Å². The van der Waals surface area contributed by atoms with Gasteiger partial charge in [0.2, 0.25) is 0 Å². The first-order valence-electron chi connectivity index (χ1n) is 5.46. The molecule has 1 N–H and O–H groups in total. The van der Waals surface area contributed by atoms with Gasteiger partial charge in [-0.3, -0.25) is 4.98 Å². The number of pyridine rings is 1. The van der Waals surface area contributed by atoms with Crippen molar-refractivity contribution >= 4 is 0 Å². The van der Waals surface area contributed by atoms with Crippen molar-refractivity contribution in [1.29, 1.82) is 0 Å². The average molecular weight is 212 g/mol. The maximum atomic E-state index is 4.42. The molecule has 1 aromatic heterocycles. The Labute approximate surface area is 96.4 Å². The van der Waals surface area contributed by atoms with Gasteiger partial charge in [-0.2, -0.15) is 0 Å². The Morgan fingerprint density at radius 3 is 2.50 bits per heavy atom. The number of hydrogen-bond acceptors (Lipinski definition) is 2. The summed E-state index contributed by atoms with van der Waals surface area (Å²) in [6, 6.07) is 14.7. The van der Waals surface area contributed by atoms with E-state index < -0.39 is 0 Å². The van der Waals surface area contributed by atoms with Crippen molar-refractivity contribution in [3.8, 4) is 0 Å². The Balaban J connectivity index is 2.37. The first-order valence-corrected chi connectivity index (χ1v) is 5.46. The third-order valence-electron chi connectivity index (χ3n) is 2.65. The molecule has 16 heavy (non-hydrogen) atoms. The molecule has 0 spiro atoms. The highest BCUT2D eigenvalue weighted by Gasteiger charge is 2.12. The van der Waals surface area contributed by atoms with Gasteiger partial charge in [0.25, 0.3) is 0 Å². The van der Waals surface area contributed by atoms with Crippen molar-refractivity contribution in [2.45, 2.75) is 13.0 Å². The van der Waals surface area contributed by atoms with E-state index in [0.717, 1.165) is 5.69 Å².